The van der Waals surface area contributed by atoms with Crippen LogP contribution in [0.2, 0.25) is 0 Å². The van der Waals surface area contributed by atoms with Crippen LogP contribution in [-0.4, -0.2) is 34.3 Å². The van der Waals surface area contributed by atoms with E-state index in [1.807, 2.05) is 49.2 Å². The standard InChI is InChI=1S/C17H24N2OS/c1-4-13-9-10-16(20)15(11-13)19(3)17(21)18-14-8-6-5-7-12(14)2/h4-8,13,15-16,20H,1,9-11H2,2-3H3,(H,18,21)/t13-,15-,16-/m0/s1. The molecule has 1 fully saturated rings. The summed E-state index contributed by atoms with van der Waals surface area (Å²) >= 11 is 5.50. The van der Waals surface area contributed by atoms with Gasteiger partial charge in [-0.05, 0) is 56.0 Å². The van der Waals surface area contributed by atoms with Gasteiger partial charge in [0, 0.05) is 12.7 Å². The molecule has 0 bridgehead atoms. The number of nitrogens with zero attached hydrogens (tertiary/aromatic N) is 1. The third kappa shape index (κ3) is 3.83. The van der Waals surface area contributed by atoms with Gasteiger partial charge in [0.25, 0.3) is 0 Å². The van der Waals surface area contributed by atoms with Crippen molar-refractivity contribution in [3.8, 4) is 0 Å². The van der Waals surface area contributed by atoms with Gasteiger partial charge in [-0.1, -0.05) is 24.3 Å². The molecule has 2 rings (SSSR count). The molecule has 4 heteroatoms. The first kappa shape index (κ1) is 16.0. The molecular formula is C17H24N2OS. The summed E-state index contributed by atoms with van der Waals surface area (Å²) in [5, 5.41) is 14.2. The molecule has 3 nitrogen and oxygen atoms in total. The fraction of sp³-hybridized carbons (Fsp3) is 0.471. The molecule has 2 N–H and O–H groups in total. The van der Waals surface area contributed by atoms with Crippen molar-refractivity contribution in [1.82, 2.24) is 4.90 Å². The highest BCUT2D eigenvalue weighted by molar-refractivity contribution is 7.80. The first-order valence-electron chi connectivity index (χ1n) is 7.43. The van der Waals surface area contributed by atoms with Gasteiger partial charge in [-0.3, -0.25) is 0 Å². The normalized spacial score (nSPS) is 25.2. The molecule has 0 spiro atoms. The number of benzene rings is 1. The SMILES string of the molecule is C=C[C@H]1CC[C@H](O)[C@@H](N(C)C(=S)Nc2ccccc2C)C1. The van der Waals surface area contributed by atoms with Crippen LogP contribution in [-0.2, 0) is 0 Å². The van der Waals surface area contributed by atoms with Gasteiger partial charge in [0.05, 0.1) is 12.1 Å². The summed E-state index contributed by atoms with van der Waals surface area (Å²) in [4.78, 5) is 1.99. The van der Waals surface area contributed by atoms with Crippen molar-refractivity contribution in [2.45, 2.75) is 38.3 Å². The first-order valence-corrected chi connectivity index (χ1v) is 7.83. The second-order valence-electron chi connectivity index (χ2n) is 5.80. The minimum Gasteiger partial charge on any atom is -0.391 e. The minimum absolute atomic E-state index is 0.0470. The molecule has 114 valence electrons. The Morgan fingerprint density at radius 1 is 1.43 bits per heavy atom. The quantitative estimate of drug-likeness (QED) is 0.663. The molecule has 0 saturated heterocycles. The Labute approximate surface area is 132 Å². The summed E-state index contributed by atoms with van der Waals surface area (Å²) < 4.78 is 0. The second-order valence-corrected chi connectivity index (χ2v) is 6.19. The van der Waals surface area contributed by atoms with Crippen LogP contribution in [0.4, 0.5) is 5.69 Å². The Morgan fingerprint density at radius 3 is 2.81 bits per heavy atom. The topological polar surface area (TPSA) is 35.5 Å². The van der Waals surface area contributed by atoms with Gasteiger partial charge in [-0.25, -0.2) is 0 Å². The van der Waals surface area contributed by atoms with Gasteiger partial charge in [0.2, 0.25) is 0 Å². The number of hydrogen-bond donors (Lipinski definition) is 2. The summed E-state index contributed by atoms with van der Waals surface area (Å²) in [5.74, 6) is 0.460. The number of aliphatic hydroxyl groups excluding tert-OH is 1. The number of aliphatic hydroxyl groups is 1. The van der Waals surface area contributed by atoms with E-state index in [1.165, 1.54) is 0 Å². The first-order chi connectivity index (χ1) is 10.0. The molecule has 0 aliphatic heterocycles. The fourth-order valence-electron chi connectivity index (χ4n) is 2.86. The molecule has 21 heavy (non-hydrogen) atoms. The highest BCUT2D eigenvalue weighted by Crippen LogP contribution is 2.28. The van der Waals surface area contributed by atoms with E-state index in [-0.39, 0.29) is 12.1 Å². The van der Waals surface area contributed by atoms with E-state index in [0.29, 0.717) is 11.0 Å². The third-order valence-corrected chi connectivity index (χ3v) is 4.75. The average molecular weight is 304 g/mol. The number of likely N-dealkylation sites (N-methyl/N-ethyl adjacent to an activating group) is 1. The van der Waals surface area contributed by atoms with E-state index in [0.717, 1.165) is 30.5 Å². The van der Waals surface area contributed by atoms with Crippen LogP contribution in [0.15, 0.2) is 36.9 Å². The molecule has 1 aromatic rings. The van der Waals surface area contributed by atoms with Crippen LogP contribution in [0.3, 0.4) is 0 Å². The van der Waals surface area contributed by atoms with Crippen molar-refractivity contribution < 1.29 is 5.11 Å². The van der Waals surface area contributed by atoms with Crippen molar-refractivity contribution >= 4 is 23.0 Å². The van der Waals surface area contributed by atoms with Gasteiger partial charge in [0.1, 0.15) is 0 Å². The number of rotatable bonds is 3. The molecule has 3 atom stereocenters. The van der Waals surface area contributed by atoms with Gasteiger partial charge in [-0.2, -0.15) is 0 Å². The van der Waals surface area contributed by atoms with Gasteiger partial charge in [0.15, 0.2) is 5.11 Å². The third-order valence-electron chi connectivity index (χ3n) is 4.36. The van der Waals surface area contributed by atoms with Crippen LogP contribution in [0.5, 0.6) is 0 Å². The molecule has 1 aliphatic rings. The zero-order chi connectivity index (χ0) is 15.4. The largest absolute Gasteiger partial charge is 0.391 e. The Hall–Kier alpha value is -1.39. The molecular weight excluding hydrogens is 280 g/mol. The summed E-state index contributed by atoms with van der Waals surface area (Å²) in [6, 6.07) is 8.10. The Bertz CT molecular complexity index is 517. The minimum atomic E-state index is -0.331. The zero-order valence-corrected chi connectivity index (χ0v) is 13.6. The fourth-order valence-corrected chi connectivity index (χ4v) is 3.11. The van der Waals surface area contributed by atoms with Crippen molar-refractivity contribution in [2.24, 2.45) is 5.92 Å². The van der Waals surface area contributed by atoms with Crippen LogP contribution in [0.25, 0.3) is 0 Å². The lowest BCUT2D eigenvalue weighted by Crippen LogP contribution is -2.49. The monoisotopic (exact) mass is 304 g/mol. The maximum absolute atomic E-state index is 10.3. The van der Waals surface area contributed by atoms with Crippen molar-refractivity contribution in [2.75, 3.05) is 12.4 Å². The zero-order valence-electron chi connectivity index (χ0n) is 12.7. The van der Waals surface area contributed by atoms with Crippen LogP contribution < -0.4 is 5.32 Å². The molecule has 1 aromatic carbocycles. The molecule has 0 amide bonds. The van der Waals surface area contributed by atoms with Crippen molar-refractivity contribution in [1.29, 1.82) is 0 Å². The molecule has 1 aliphatic carbocycles. The Kier molecular flexibility index (Phi) is 5.37. The molecule has 0 unspecified atom stereocenters. The number of hydrogen-bond acceptors (Lipinski definition) is 2. The van der Waals surface area contributed by atoms with Crippen LogP contribution in [0, 0.1) is 12.8 Å². The highest BCUT2D eigenvalue weighted by Gasteiger charge is 2.31. The summed E-state index contributed by atoms with van der Waals surface area (Å²) in [7, 11) is 1.95. The van der Waals surface area contributed by atoms with E-state index in [4.69, 9.17) is 12.2 Å². The second kappa shape index (κ2) is 7.05. The van der Waals surface area contributed by atoms with Crippen LogP contribution >= 0.6 is 12.2 Å². The number of thiocarbonyl (C=S) groups is 1. The summed E-state index contributed by atoms with van der Waals surface area (Å²) in [6.07, 6.45) is 4.37. The number of allylic oxidation sites excluding steroid dienone is 1. The number of para-hydroxylation sites is 1. The Balaban J connectivity index is 2.04. The molecule has 0 heterocycles. The smallest absolute Gasteiger partial charge is 0.173 e. The lowest BCUT2D eigenvalue weighted by molar-refractivity contribution is 0.0483. The van der Waals surface area contributed by atoms with E-state index >= 15 is 0 Å². The maximum atomic E-state index is 10.3. The molecule has 1 saturated carbocycles. The predicted octanol–water partition coefficient (Wildman–Crippen LogP) is 3.34. The summed E-state index contributed by atoms with van der Waals surface area (Å²) in [6.45, 7) is 5.93. The summed E-state index contributed by atoms with van der Waals surface area (Å²) in [5.41, 5.74) is 2.17. The molecule has 0 radical (unpaired) electrons. The van der Waals surface area contributed by atoms with Crippen molar-refractivity contribution in [3.05, 3.63) is 42.5 Å². The van der Waals surface area contributed by atoms with E-state index in [2.05, 4.69) is 11.9 Å². The number of anilines is 1. The van der Waals surface area contributed by atoms with E-state index in [1.54, 1.807) is 0 Å². The van der Waals surface area contributed by atoms with Gasteiger partial charge < -0.3 is 15.3 Å². The van der Waals surface area contributed by atoms with Gasteiger partial charge in [-0.15, -0.1) is 6.58 Å². The Morgan fingerprint density at radius 2 is 2.14 bits per heavy atom. The maximum Gasteiger partial charge on any atom is 0.173 e. The average Bonchev–Trinajstić information content (AvgIpc) is 2.49. The van der Waals surface area contributed by atoms with E-state index in [9.17, 15) is 5.11 Å². The molecule has 0 aromatic heterocycles. The predicted molar refractivity (Wildman–Crippen MR) is 92.5 cm³/mol. The van der Waals surface area contributed by atoms with Gasteiger partial charge >= 0.3 is 0 Å². The number of aryl methyl sites for hydroxylation is 1. The lowest BCUT2D eigenvalue weighted by atomic mass is 9.83. The lowest BCUT2D eigenvalue weighted by Gasteiger charge is -2.39. The van der Waals surface area contributed by atoms with E-state index < -0.39 is 0 Å². The number of nitrogens with one attached hydrogen (secondary N) is 1. The highest BCUT2D eigenvalue weighted by atomic mass is 32.1. The van der Waals surface area contributed by atoms with Crippen LogP contribution in [0.1, 0.15) is 24.8 Å². The van der Waals surface area contributed by atoms with Crippen molar-refractivity contribution in [3.63, 3.8) is 0 Å².